The molecule has 0 saturated carbocycles. The van der Waals surface area contributed by atoms with Crippen LogP contribution in [0.4, 0.5) is 5.69 Å². The van der Waals surface area contributed by atoms with Gasteiger partial charge in [-0.2, -0.15) is 0 Å². The smallest absolute Gasteiger partial charge is 0.0371 e. The van der Waals surface area contributed by atoms with E-state index < -0.39 is 0 Å². The number of anilines is 1. The summed E-state index contributed by atoms with van der Waals surface area (Å²) in [6.45, 7) is 5.14. The molecule has 0 aliphatic heterocycles. The van der Waals surface area contributed by atoms with Crippen LogP contribution in [0.3, 0.4) is 0 Å². The van der Waals surface area contributed by atoms with Gasteiger partial charge in [0.05, 0.1) is 0 Å². The minimum Gasteiger partial charge on any atom is -0.398 e. The fourth-order valence-corrected chi connectivity index (χ4v) is 2.70. The lowest BCUT2D eigenvalue weighted by molar-refractivity contribution is 0.258. The van der Waals surface area contributed by atoms with E-state index in [0.717, 1.165) is 36.2 Å². The van der Waals surface area contributed by atoms with Gasteiger partial charge in [0.2, 0.25) is 0 Å². The van der Waals surface area contributed by atoms with E-state index in [4.69, 9.17) is 5.73 Å². The van der Waals surface area contributed by atoms with Gasteiger partial charge >= 0.3 is 0 Å². The highest BCUT2D eigenvalue weighted by Gasteiger charge is 2.08. The monoisotopic (exact) mass is 332 g/mol. The molecule has 0 aromatic heterocycles. The van der Waals surface area contributed by atoms with E-state index in [0.29, 0.717) is 0 Å². The third-order valence-electron chi connectivity index (χ3n) is 3.29. The highest BCUT2D eigenvalue weighted by Crippen LogP contribution is 2.21. The number of benzene rings is 2. The summed E-state index contributed by atoms with van der Waals surface area (Å²) in [6, 6.07) is 16.7. The van der Waals surface area contributed by atoms with Crippen molar-refractivity contribution < 1.29 is 0 Å². The third kappa shape index (κ3) is 4.36. The van der Waals surface area contributed by atoms with Crippen molar-refractivity contribution in [1.29, 1.82) is 0 Å². The summed E-state index contributed by atoms with van der Waals surface area (Å²) >= 11 is 3.45. The minimum absolute atomic E-state index is 0.855. The van der Waals surface area contributed by atoms with Gasteiger partial charge in [-0.25, -0.2) is 0 Å². The SMILES string of the molecule is CCCN(Cc1ccccc1)Cc1ccc(Br)cc1N. The van der Waals surface area contributed by atoms with Crippen molar-refractivity contribution in [3.63, 3.8) is 0 Å². The second kappa shape index (κ2) is 7.46. The lowest BCUT2D eigenvalue weighted by Gasteiger charge is -2.22. The quantitative estimate of drug-likeness (QED) is 0.792. The van der Waals surface area contributed by atoms with Gasteiger partial charge in [-0.3, -0.25) is 4.90 Å². The van der Waals surface area contributed by atoms with Crippen LogP contribution in [-0.4, -0.2) is 11.4 Å². The molecule has 3 heteroatoms. The molecule has 106 valence electrons. The summed E-state index contributed by atoms with van der Waals surface area (Å²) in [5, 5.41) is 0. The topological polar surface area (TPSA) is 29.3 Å². The highest BCUT2D eigenvalue weighted by atomic mass is 79.9. The Balaban J connectivity index is 2.09. The molecular formula is C17H21BrN2. The Morgan fingerprint density at radius 1 is 1.05 bits per heavy atom. The van der Waals surface area contributed by atoms with E-state index in [2.05, 4.69) is 70.2 Å². The maximum Gasteiger partial charge on any atom is 0.0371 e. The van der Waals surface area contributed by atoms with Crippen molar-refractivity contribution in [3.05, 3.63) is 64.1 Å². The van der Waals surface area contributed by atoms with Gasteiger partial charge in [0, 0.05) is 23.2 Å². The first-order valence-electron chi connectivity index (χ1n) is 6.99. The molecule has 0 heterocycles. The van der Waals surface area contributed by atoms with E-state index in [1.165, 1.54) is 11.1 Å². The second-order valence-corrected chi connectivity index (χ2v) is 5.96. The van der Waals surface area contributed by atoms with Crippen molar-refractivity contribution >= 4 is 21.6 Å². The van der Waals surface area contributed by atoms with Crippen LogP contribution in [0.1, 0.15) is 24.5 Å². The Hall–Kier alpha value is -1.32. The number of nitrogens with two attached hydrogens (primary N) is 1. The molecule has 2 nitrogen and oxygen atoms in total. The first-order valence-corrected chi connectivity index (χ1v) is 7.78. The maximum absolute atomic E-state index is 6.10. The van der Waals surface area contributed by atoms with Crippen molar-refractivity contribution in [1.82, 2.24) is 4.90 Å². The third-order valence-corrected chi connectivity index (χ3v) is 3.78. The molecule has 0 spiro atoms. The molecule has 0 unspecified atom stereocenters. The van der Waals surface area contributed by atoms with Gasteiger partial charge < -0.3 is 5.73 Å². The lowest BCUT2D eigenvalue weighted by atomic mass is 10.1. The number of hydrogen-bond acceptors (Lipinski definition) is 2. The molecular weight excluding hydrogens is 312 g/mol. The van der Waals surface area contributed by atoms with Gasteiger partial charge in [-0.05, 0) is 36.2 Å². The summed E-state index contributed by atoms with van der Waals surface area (Å²) in [7, 11) is 0. The van der Waals surface area contributed by atoms with Gasteiger partial charge in [0.15, 0.2) is 0 Å². The highest BCUT2D eigenvalue weighted by molar-refractivity contribution is 9.10. The fourth-order valence-electron chi connectivity index (χ4n) is 2.32. The number of halogens is 1. The molecule has 2 rings (SSSR count). The largest absolute Gasteiger partial charge is 0.398 e. The van der Waals surface area contributed by atoms with Crippen LogP contribution >= 0.6 is 15.9 Å². The van der Waals surface area contributed by atoms with Gasteiger partial charge in [0.25, 0.3) is 0 Å². The summed E-state index contributed by atoms with van der Waals surface area (Å²) in [6.07, 6.45) is 1.14. The summed E-state index contributed by atoms with van der Waals surface area (Å²) in [5.74, 6) is 0. The first-order chi connectivity index (χ1) is 9.69. The Morgan fingerprint density at radius 2 is 1.80 bits per heavy atom. The molecule has 0 saturated heterocycles. The molecule has 0 radical (unpaired) electrons. The number of nitrogens with zero attached hydrogens (tertiary/aromatic N) is 1. The molecule has 20 heavy (non-hydrogen) atoms. The normalized spacial score (nSPS) is 10.9. The minimum atomic E-state index is 0.855. The average Bonchev–Trinajstić information content (AvgIpc) is 2.43. The molecule has 0 bridgehead atoms. The molecule has 0 aliphatic carbocycles. The number of hydrogen-bond donors (Lipinski definition) is 1. The van der Waals surface area contributed by atoms with Crippen molar-refractivity contribution in [2.24, 2.45) is 0 Å². The van der Waals surface area contributed by atoms with Gasteiger partial charge in [-0.1, -0.05) is 59.3 Å². The fraction of sp³-hybridized carbons (Fsp3) is 0.294. The number of nitrogen functional groups attached to an aromatic ring is 1. The van der Waals surface area contributed by atoms with Crippen LogP contribution < -0.4 is 5.73 Å². The van der Waals surface area contributed by atoms with Crippen molar-refractivity contribution in [3.8, 4) is 0 Å². The Morgan fingerprint density at radius 3 is 2.45 bits per heavy atom. The van der Waals surface area contributed by atoms with Crippen LogP contribution in [0.5, 0.6) is 0 Å². The van der Waals surface area contributed by atoms with E-state index >= 15 is 0 Å². The maximum atomic E-state index is 6.10. The molecule has 2 aromatic carbocycles. The van der Waals surface area contributed by atoms with E-state index in [1.54, 1.807) is 0 Å². The number of rotatable bonds is 6. The zero-order valence-electron chi connectivity index (χ0n) is 11.8. The molecule has 0 amide bonds. The zero-order chi connectivity index (χ0) is 14.4. The first kappa shape index (κ1) is 15.1. The molecule has 0 atom stereocenters. The lowest BCUT2D eigenvalue weighted by Crippen LogP contribution is -2.24. The zero-order valence-corrected chi connectivity index (χ0v) is 13.4. The van der Waals surface area contributed by atoms with E-state index in [9.17, 15) is 0 Å². The average molecular weight is 333 g/mol. The van der Waals surface area contributed by atoms with Gasteiger partial charge in [0.1, 0.15) is 0 Å². The molecule has 0 aliphatic rings. The van der Waals surface area contributed by atoms with Crippen molar-refractivity contribution in [2.45, 2.75) is 26.4 Å². The molecule has 0 fully saturated rings. The van der Waals surface area contributed by atoms with Crippen LogP contribution in [0.15, 0.2) is 53.0 Å². The van der Waals surface area contributed by atoms with Gasteiger partial charge in [-0.15, -0.1) is 0 Å². The Labute approximate surface area is 129 Å². The van der Waals surface area contributed by atoms with E-state index in [1.807, 2.05) is 6.07 Å². The van der Waals surface area contributed by atoms with Crippen LogP contribution in [0.2, 0.25) is 0 Å². The van der Waals surface area contributed by atoms with Crippen molar-refractivity contribution in [2.75, 3.05) is 12.3 Å². The van der Waals surface area contributed by atoms with Crippen LogP contribution in [-0.2, 0) is 13.1 Å². The molecule has 2 N–H and O–H groups in total. The Kier molecular flexibility index (Phi) is 5.62. The second-order valence-electron chi connectivity index (χ2n) is 5.04. The predicted molar refractivity (Wildman–Crippen MR) is 89.4 cm³/mol. The Bertz CT molecular complexity index is 540. The van der Waals surface area contributed by atoms with Crippen LogP contribution in [0.25, 0.3) is 0 Å². The van der Waals surface area contributed by atoms with Crippen LogP contribution in [0, 0.1) is 0 Å². The molecule has 2 aromatic rings. The van der Waals surface area contributed by atoms with E-state index in [-0.39, 0.29) is 0 Å². The summed E-state index contributed by atoms with van der Waals surface area (Å²) < 4.78 is 1.03. The summed E-state index contributed by atoms with van der Waals surface area (Å²) in [5.41, 5.74) is 9.49. The predicted octanol–water partition coefficient (Wildman–Crippen LogP) is 4.44. The standard InChI is InChI=1S/C17H21BrN2/c1-2-10-20(12-14-6-4-3-5-7-14)13-15-8-9-16(18)11-17(15)19/h3-9,11H,2,10,12-13,19H2,1H3. The summed E-state index contributed by atoms with van der Waals surface area (Å²) in [4.78, 5) is 2.44.